The summed E-state index contributed by atoms with van der Waals surface area (Å²) in [4.78, 5) is 59.5. The van der Waals surface area contributed by atoms with Gasteiger partial charge in [0.1, 0.15) is 17.7 Å². The standard InChI is InChI=1S/C39H48BrN3O7/c1-6-8-16-30(45)41-26(5)33(27-14-10-9-11-15-27)49-38(48)31-32-36(46)43(20-12-13-21-44)35(39(32)23-28(40)34(31)50-39)37(47)42(19-7-2)29-22-24(3)17-18-25(29)4/h6-7,9-11,14-15,17-18,22,26,28,31-35,44H,1-2,8,12-13,16,19-21,23H2,3-5H3,(H,41,45)/t26-,28?,31-,32+,33-,34-,35-,39+/m0/s1. The lowest BCUT2D eigenvalue weighted by Gasteiger charge is -2.37. The summed E-state index contributed by atoms with van der Waals surface area (Å²) < 4.78 is 13.0. The first kappa shape index (κ1) is 37.5. The minimum atomic E-state index is -1.29. The highest BCUT2D eigenvalue weighted by Gasteiger charge is 2.77. The Labute approximate surface area is 303 Å². The average molecular weight is 751 g/mol. The van der Waals surface area contributed by atoms with Crippen LogP contribution in [0.2, 0.25) is 0 Å². The summed E-state index contributed by atoms with van der Waals surface area (Å²) in [7, 11) is 0. The molecule has 10 nitrogen and oxygen atoms in total. The topological polar surface area (TPSA) is 125 Å². The summed E-state index contributed by atoms with van der Waals surface area (Å²) >= 11 is 3.74. The highest BCUT2D eigenvalue weighted by atomic mass is 79.9. The zero-order valence-electron chi connectivity index (χ0n) is 29.1. The van der Waals surface area contributed by atoms with Gasteiger partial charge >= 0.3 is 5.97 Å². The zero-order valence-corrected chi connectivity index (χ0v) is 30.6. The van der Waals surface area contributed by atoms with E-state index in [4.69, 9.17) is 9.47 Å². The van der Waals surface area contributed by atoms with Crippen LogP contribution in [0.15, 0.2) is 73.8 Å². The highest BCUT2D eigenvalue weighted by molar-refractivity contribution is 9.09. The summed E-state index contributed by atoms with van der Waals surface area (Å²) in [5, 5.41) is 12.5. The van der Waals surface area contributed by atoms with Gasteiger partial charge < -0.3 is 29.7 Å². The van der Waals surface area contributed by atoms with E-state index in [0.29, 0.717) is 36.9 Å². The van der Waals surface area contributed by atoms with Gasteiger partial charge in [0.05, 0.1) is 24.0 Å². The quantitative estimate of drug-likeness (QED) is 0.106. The van der Waals surface area contributed by atoms with Gasteiger partial charge in [0.15, 0.2) is 0 Å². The van der Waals surface area contributed by atoms with Gasteiger partial charge in [-0.25, -0.2) is 0 Å². The molecule has 1 unspecified atom stereocenters. The summed E-state index contributed by atoms with van der Waals surface area (Å²) in [6, 6.07) is 13.5. The average Bonchev–Trinajstić information content (AvgIpc) is 3.69. The molecule has 3 amide bonds. The number of benzene rings is 2. The number of nitrogens with one attached hydrogen (secondary N) is 1. The fraction of sp³-hybridized carbons (Fsp3) is 0.487. The number of aliphatic hydroxyl groups excluding tert-OH is 1. The molecule has 3 aliphatic heterocycles. The summed E-state index contributed by atoms with van der Waals surface area (Å²) in [6.45, 7) is 13.6. The van der Waals surface area contributed by atoms with Crippen molar-refractivity contribution in [2.24, 2.45) is 11.8 Å². The van der Waals surface area contributed by atoms with Crippen LogP contribution in [-0.4, -0.2) is 82.0 Å². The van der Waals surface area contributed by atoms with Crippen molar-refractivity contribution < 1.29 is 33.8 Å². The maximum Gasteiger partial charge on any atom is 0.313 e. The Kier molecular flexibility index (Phi) is 12.0. The molecular weight excluding hydrogens is 702 g/mol. The minimum Gasteiger partial charge on any atom is -0.455 e. The number of anilines is 1. The van der Waals surface area contributed by atoms with Crippen LogP contribution in [0.25, 0.3) is 0 Å². The maximum absolute atomic E-state index is 14.9. The van der Waals surface area contributed by atoms with E-state index in [1.54, 1.807) is 28.9 Å². The number of nitrogens with zero attached hydrogens (tertiary/aromatic N) is 2. The van der Waals surface area contributed by atoms with Crippen LogP contribution in [0.4, 0.5) is 5.69 Å². The van der Waals surface area contributed by atoms with Crippen LogP contribution in [0, 0.1) is 25.7 Å². The maximum atomic E-state index is 14.9. The second-order valence-electron chi connectivity index (χ2n) is 13.6. The minimum absolute atomic E-state index is 0.0551. The Morgan fingerprint density at radius 3 is 2.58 bits per heavy atom. The lowest BCUT2D eigenvalue weighted by Crippen LogP contribution is -2.57. The Balaban J connectivity index is 1.51. The molecule has 3 aliphatic rings. The number of aryl methyl sites for hydroxylation is 2. The summed E-state index contributed by atoms with van der Waals surface area (Å²) in [5.74, 6) is -3.44. The Morgan fingerprint density at radius 1 is 1.16 bits per heavy atom. The van der Waals surface area contributed by atoms with Crippen molar-refractivity contribution in [3.8, 4) is 0 Å². The van der Waals surface area contributed by atoms with E-state index in [2.05, 4.69) is 34.4 Å². The number of allylic oxidation sites excluding steroid dienone is 1. The number of carbonyl (C=O) groups excluding carboxylic acids is 4. The van der Waals surface area contributed by atoms with Gasteiger partial charge in [0, 0.05) is 36.6 Å². The van der Waals surface area contributed by atoms with Crippen molar-refractivity contribution in [2.75, 3.05) is 24.6 Å². The molecular formula is C39H48BrN3O7. The molecule has 0 aliphatic carbocycles. The molecule has 0 saturated carbocycles. The van der Waals surface area contributed by atoms with E-state index in [0.717, 1.165) is 11.1 Å². The van der Waals surface area contributed by atoms with E-state index < -0.39 is 47.7 Å². The van der Waals surface area contributed by atoms with Crippen LogP contribution in [0.3, 0.4) is 0 Å². The largest absolute Gasteiger partial charge is 0.455 e. The normalized spacial score (nSPS) is 26.2. The molecule has 50 heavy (non-hydrogen) atoms. The van der Waals surface area contributed by atoms with E-state index in [-0.39, 0.29) is 48.7 Å². The molecule has 3 heterocycles. The first-order valence-corrected chi connectivity index (χ1v) is 18.3. The first-order chi connectivity index (χ1) is 24.0. The second kappa shape index (κ2) is 16.0. The number of likely N-dealkylation sites (tertiary alicyclic amines) is 1. The molecule has 0 aromatic heterocycles. The number of ether oxygens (including phenoxy) is 2. The van der Waals surface area contributed by atoms with Crippen LogP contribution < -0.4 is 10.2 Å². The third-order valence-electron chi connectivity index (χ3n) is 10.1. The number of aliphatic hydroxyl groups is 1. The third-order valence-corrected chi connectivity index (χ3v) is 11.0. The van der Waals surface area contributed by atoms with Crippen molar-refractivity contribution in [2.45, 2.75) is 87.6 Å². The van der Waals surface area contributed by atoms with Gasteiger partial charge in [0.25, 0.3) is 5.91 Å². The number of fused-ring (bicyclic) bond motifs is 1. The molecule has 3 saturated heterocycles. The van der Waals surface area contributed by atoms with Crippen LogP contribution in [0.5, 0.6) is 0 Å². The number of hydrogen-bond acceptors (Lipinski definition) is 7. The fourth-order valence-electron chi connectivity index (χ4n) is 7.85. The SMILES string of the molecule is C=CCCC(=O)N[C@@H](C)[C@H](OC(=O)[C@@H]1[C@H]2O[C@@]3(CC2Br)[C@H](C(=O)N(CC=C)c2cc(C)ccc2C)N(CCCCO)C(=O)[C@@H]13)c1ccccc1. The van der Waals surface area contributed by atoms with Crippen molar-refractivity contribution >= 4 is 45.3 Å². The van der Waals surface area contributed by atoms with Crippen LogP contribution >= 0.6 is 15.9 Å². The molecule has 0 radical (unpaired) electrons. The summed E-state index contributed by atoms with van der Waals surface area (Å²) in [6.07, 6.45) is 3.78. The number of esters is 1. The van der Waals surface area contributed by atoms with Gasteiger partial charge in [-0.2, -0.15) is 0 Å². The molecule has 2 bridgehead atoms. The molecule has 2 aromatic rings. The van der Waals surface area contributed by atoms with E-state index >= 15 is 0 Å². The lowest BCUT2D eigenvalue weighted by molar-refractivity contribution is -0.162. The van der Waals surface area contributed by atoms with Gasteiger partial charge in [-0.05, 0) is 69.2 Å². The number of carbonyl (C=O) groups is 4. The van der Waals surface area contributed by atoms with E-state index in [9.17, 15) is 24.3 Å². The lowest BCUT2D eigenvalue weighted by atomic mass is 9.70. The van der Waals surface area contributed by atoms with E-state index in [1.807, 2.05) is 62.4 Å². The molecule has 1 spiro atoms. The number of hydrogen-bond donors (Lipinski definition) is 2. The van der Waals surface area contributed by atoms with Crippen molar-refractivity contribution in [1.29, 1.82) is 0 Å². The van der Waals surface area contributed by atoms with E-state index in [1.165, 1.54) is 0 Å². The predicted molar refractivity (Wildman–Crippen MR) is 195 cm³/mol. The predicted octanol–water partition coefficient (Wildman–Crippen LogP) is 5.10. The fourth-order valence-corrected chi connectivity index (χ4v) is 8.79. The molecule has 268 valence electrons. The molecule has 3 fully saturated rings. The first-order valence-electron chi connectivity index (χ1n) is 17.4. The third kappa shape index (κ3) is 7.18. The smallest absolute Gasteiger partial charge is 0.313 e. The molecule has 2 N–H and O–H groups in total. The summed E-state index contributed by atoms with van der Waals surface area (Å²) in [5.41, 5.74) is 1.99. The van der Waals surface area contributed by atoms with Crippen LogP contribution in [0.1, 0.15) is 61.8 Å². The highest BCUT2D eigenvalue weighted by Crippen LogP contribution is 2.60. The number of rotatable bonds is 16. The van der Waals surface area contributed by atoms with Crippen molar-refractivity contribution in [3.63, 3.8) is 0 Å². The van der Waals surface area contributed by atoms with Gasteiger partial charge in [-0.15, -0.1) is 13.2 Å². The molecule has 11 heteroatoms. The monoisotopic (exact) mass is 749 g/mol. The second-order valence-corrected chi connectivity index (χ2v) is 14.8. The van der Waals surface area contributed by atoms with Crippen molar-refractivity contribution in [1.82, 2.24) is 10.2 Å². The Hall–Kier alpha value is -3.80. The number of amides is 3. The van der Waals surface area contributed by atoms with Crippen LogP contribution in [-0.2, 0) is 28.7 Å². The van der Waals surface area contributed by atoms with Crippen molar-refractivity contribution in [3.05, 3.63) is 90.5 Å². The zero-order chi connectivity index (χ0) is 36.2. The molecule has 5 rings (SSSR count). The Bertz CT molecular complexity index is 1600. The van der Waals surface area contributed by atoms with Gasteiger partial charge in [0.2, 0.25) is 11.8 Å². The van der Waals surface area contributed by atoms with Gasteiger partial charge in [-0.1, -0.05) is 70.5 Å². The van der Waals surface area contributed by atoms with Gasteiger partial charge in [-0.3, -0.25) is 19.2 Å². The molecule has 2 aromatic carbocycles. The number of halogens is 1. The Morgan fingerprint density at radius 2 is 1.90 bits per heavy atom. The number of unbranched alkanes of at least 4 members (excludes halogenated alkanes) is 1. The number of alkyl halides is 1. The molecule has 8 atom stereocenters.